The summed E-state index contributed by atoms with van der Waals surface area (Å²) in [6.07, 6.45) is 2.07. The molecule has 2 atom stereocenters. The monoisotopic (exact) mass is 412 g/mol. The highest BCUT2D eigenvalue weighted by Gasteiger charge is 2.31. The molecule has 164 valence electrons. The Hall–Kier alpha value is -2.08. The van der Waals surface area contributed by atoms with E-state index in [1.807, 2.05) is 0 Å². The fourth-order valence-electron chi connectivity index (χ4n) is 4.34. The van der Waals surface area contributed by atoms with Crippen molar-refractivity contribution in [2.75, 3.05) is 54.1 Å². The van der Waals surface area contributed by atoms with Crippen molar-refractivity contribution < 1.29 is 14.2 Å². The number of ether oxygens (including phenoxy) is 3. The van der Waals surface area contributed by atoms with Crippen LogP contribution in [0.2, 0.25) is 0 Å². The number of hydrogen-bond acceptors (Lipinski definition) is 5. The van der Waals surface area contributed by atoms with Crippen LogP contribution in [0, 0.1) is 0 Å². The molecule has 2 unspecified atom stereocenters. The van der Waals surface area contributed by atoms with E-state index in [0.29, 0.717) is 18.6 Å². The summed E-state index contributed by atoms with van der Waals surface area (Å²) < 4.78 is 16.5. The maximum Gasteiger partial charge on any atom is 0.119 e. The predicted octanol–water partition coefficient (Wildman–Crippen LogP) is 4.23. The number of likely N-dealkylation sites (N-methyl/N-ethyl adjacent to an activating group) is 1. The maximum atomic E-state index is 6.07. The van der Waals surface area contributed by atoms with Gasteiger partial charge in [0.15, 0.2) is 0 Å². The molecule has 2 aromatic carbocycles. The Morgan fingerprint density at radius 3 is 2.43 bits per heavy atom. The molecule has 0 saturated heterocycles. The summed E-state index contributed by atoms with van der Waals surface area (Å²) in [5, 5.41) is 3.36. The van der Waals surface area contributed by atoms with E-state index in [-0.39, 0.29) is 0 Å². The van der Waals surface area contributed by atoms with Crippen LogP contribution in [-0.2, 0) is 4.74 Å². The van der Waals surface area contributed by atoms with Gasteiger partial charge in [0.25, 0.3) is 0 Å². The van der Waals surface area contributed by atoms with Crippen LogP contribution in [0.1, 0.15) is 48.4 Å². The molecule has 0 fully saturated rings. The molecule has 5 heteroatoms. The van der Waals surface area contributed by atoms with Gasteiger partial charge in [-0.1, -0.05) is 25.1 Å². The van der Waals surface area contributed by atoms with Gasteiger partial charge in [-0.2, -0.15) is 0 Å². The van der Waals surface area contributed by atoms with Gasteiger partial charge in [-0.3, -0.25) is 4.90 Å². The van der Waals surface area contributed by atoms with E-state index in [2.05, 4.69) is 66.7 Å². The van der Waals surface area contributed by atoms with E-state index < -0.39 is 0 Å². The van der Waals surface area contributed by atoms with E-state index in [1.165, 1.54) is 16.7 Å². The van der Waals surface area contributed by atoms with Crippen LogP contribution in [0.3, 0.4) is 0 Å². The van der Waals surface area contributed by atoms with E-state index in [0.717, 1.165) is 50.6 Å². The fourth-order valence-corrected chi connectivity index (χ4v) is 4.34. The average molecular weight is 413 g/mol. The van der Waals surface area contributed by atoms with Crippen LogP contribution in [-0.4, -0.2) is 59.0 Å². The van der Waals surface area contributed by atoms with Crippen molar-refractivity contribution in [3.05, 3.63) is 59.2 Å². The molecule has 0 radical (unpaired) electrons. The Morgan fingerprint density at radius 1 is 0.967 bits per heavy atom. The van der Waals surface area contributed by atoms with E-state index in [4.69, 9.17) is 14.2 Å². The molecule has 1 aliphatic heterocycles. The van der Waals surface area contributed by atoms with E-state index in [1.54, 1.807) is 14.2 Å². The van der Waals surface area contributed by atoms with Crippen molar-refractivity contribution in [1.29, 1.82) is 0 Å². The highest BCUT2D eigenvalue weighted by atomic mass is 16.5. The molecule has 0 amide bonds. The topological polar surface area (TPSA) is 43.0 Å². The number of rotatable bonds is 11. The van der Waals surface area contributed by atoms with Gasteiger partial charge >= 0.3 is 0 Å². The molecule has 0 saturated carbocycles. The molecule has 30 heavy (non-hydrogen) atoms. The third kappa shape index (κ3) is 5.54. The van der Waals surface area contributed by atoms with Crippen LogP contribution in [0.25, 0.3) is 0 Å². The Bertz CT molecular complexity index is 778. The highest BCUT2D eigenvalue weighted by Crippen LogP contribution is 2.41. The first kappa shape index (κ1) is 22.6. The molecule has 3 rings (SSSR count). The predicted molar refractivity (Wildman–Crippen MR) is 122 cm³/mol. The van der Waals surface area contributed by atoms with Crippen molar-refractivity contribution in [3.63, 3.8) is 0 Å². The summed E-state index contributed by atoms with van der Waals surface area (Å²) in [5.41, 5.74) is 4.13. The molecular weight excluding hydrogens is 376 g/mol. The Balaban J connectivity index is 1.72. The van der Waals surface area contributed by atoms with Gasteiger partial charge in [0.1, 0.15) is 11.5 Å². The van der Waals surface area contributed by atoms with Gasteiger partial charge < -0.3 is 19.5 Å². The molecule has 0 aliphatic carbocycles. The minimum absolute atomic E-state index is 0.359. The Labute approximate surface area is 181 Å². The highest BCUT2D eigenvalue weighted by molar-refractivity contribution is 5.46. The summed E-state index contributed by atoms with van der Waals surface area (Å²) in [6.45, 7) is 6.56. The van der Waals surface area contributed by atoms with Crippen LogP contribution in [0.15, 0.2) is 42.5 Å². The summed E-state index contributed by atoms with van der Waals surface area (Å²) >= 11 is 0. The Morgan fingerprint density at radius 2 is 1.73 bits per heavy atom. The van der Waals surface area contributed by atoms with Crippen molar-refractivity contribution in [2.45, 2.75) is 31.7 Å². The summed E-state index contributed by atoms with van der Waals surface area (Å²) in [6, 6.07) is 15.6. The van der Waals surface area contributed by atoms with Crippen molar-refractivity contribution in [1.82, 2.24) is 10.2 Å². The van der Waals surface area contributed by atoms with Gasteiger partial charge in [-0.05, 0) is 67.4 Å². The molecule has 2 aromatic rings. The SMILES string of the molecule is CCC1c2cc(OCCCNCCOC)ccc2C(c2ccc(OC)cc2)CN1C. The Kier molecular flexibility index (Phi) is 8.55. The third-order valence-corrected chi connectivity index (χ3v) is 5.95. The summed E-state index contributed by atoms with van der Waals surface area (Å²) in [7, 11) is 5.66. The lowest BCUT2D eigenvalue weighted by Gasteiger charge is -2.39. The first-order chi connectivity index (χ1) is 14.7. The molecular formula is C25H36N2O3. The number of benzene rings is 2. The lowest BCUT2D eigenvalue weighted by atomic mass is 9.81. The second-order valence-corrected chi connectivity index (χ2v) is 7.92. The zero-order valence-electron chi connectivity index (χ0n) is 18.8. The quantitative estimate of drug-likeness (QED) is 0.560. The minimum Gasteiger partial charge on any atom is -0.497 e. The van der Waals surface area contributed by atoms with Gasteiger partial charge in [-0.15, -0.1) is 0 Å². The first-order valence-electron chi connectivity index (χ1n) is 11.0. The minimum atomic E-state index is 0.359. The summed E-state index contributed by atoms with van der Waals surface area (Å²) in [5.74, 6) is 2.22. The second kappa shape index (κ2) is 11.3. The van der Waals surface area contributed by atoms with E-state index in [9.17, 15) is 0 Å². The molecule has 0 bridgehead atoms. The molecule has 1 N–H and O–H groups in total. The number of fused-ring (bicyclic) bond motifs is 1. The van der Waals surface area contributed by atoms with Gasteiger partial charge in [0, 0.05) is 32.2 Å². The third-order valence-electron chi connectivity index (χ3n) is 5.95. The smallest absolute Gasteiger partial charge is 0.119 e. The number of nitrogens with zero attached hydrogens (tertiary/aromatic N) is 1. The maximum absolute atomic E-state index is 6.07. The molecule has 1 aliphatic rings. The summed E-state index contributed by atoms with van der Waals surface area (Å²) in [4.78, 5) is 2.47. The van der Waals surface area contributed by atoms with Crippen LogP contribution in [0.5, 0.6) is 11.5 Å². The standard InChI is InChI=1S/C25H36N2O3/c1-5-25-23-17-21(30-15-6-13-26-14-16-28-3)11-12-22(23)24(18-27(25)2)19-7-9-20(29-4)10-8-19/h7-12,17,24-26H,5-6,13-16,18H2,1-4H3. The zero-order valence-corrected chi connectivity index (χ0v) is 18.8. The van der Waals surface area contributed by atoms with Gasteiger partial charge in [0.2, 0.25) is 0 Å². The normalized spacial score (nSPS) is 18.8. The molecule has 1 heterocycles. The van der Waals surface area contributed by atoms with Crippen LogP contribution in [0.4, 0.5) is 0 Å². The largest absolute Gasteiger partial charge is 0.497 e. The second-order valence-electron chi connectivity index (χ2n) is 7.92. The molecule has 0 aromatic heterocycles. The number of nitrogens with one attached hydrogen (secondary N) is 1. The van der Waals surface area contributed by atoms with E-state index >= 15 is 0 Å². The molecule has 5 nitrogen and oxygen atoms in total. The lowest BCUT2D eigenvalue weighted by Crippen LogP contribution is -2.35. The van der Waals surface area contributed by atoms with Crippen molar-refractivity contribution in [3.8, 4) is 11.5 Å². The average Bonchev–Trinajstić information content (AvgIpc) is 2.78. The van der Waals surface area contributed by atoms with Crippen LogP contribution < -0.4 is 14.8 Å². The van der Waals surface area contributed by atoms with Crippen molar-refractivity contribution in [2.24, 2.45) is 0 Å². The lowest BCUT2D eigenvalue weighted by molar-refractivity contribution is 0.198. The van der Waals surface area contributed by atoms with Crippen LogP contribution >= 0.6 is 0 Å². The van der Waals surface area contributed by atoms with Crippen molar-refractivity contribution >= 4 is 0 Å². The fraction of sp³-hybridized carbons (Fsp3) is 0.520. The zero-order chi connectivity index (χ0) is 21.3. The van der Waals surface area contributed by atoms with Gasteiger partial charge in [-0.25, -0.2) is 0 Å². The number of methoxy groups -OCH3 is 2. The molecule has 0 spiro atoms. The van der Waals surface area contributed by atoms with Gasteiger partial charge in [0.05, 0.1) is 20.3 Å². The first-order valence-corrected chi connectivity index (χ1v) is 11.0. The number of hydrogen-bond donors (Lipinski definition) is 1.